The Kier molecular flexibility index (Phi) is 3.09. The van der Waals surface area contributed by atoms with Crippen LogP contribution in [0.5, 0.6) is 0 Å². The van der Waals surface area contributed by atoms with E-state index in [9.17, 15) is 9.90 Å². The molecule has 1 N–H and O–H groups in total. The van der Waals surface area contributed by atoms with Crippen molar-refractivity contribution in [3.8, 4) is 0 Å². The molecule has 2 fully saturated rings. The zero-order chi connectivity index (χ0) is 13.5. The molecule has 1 saturated carbocycles. The van der Waals surface area contributed by atoms with Crippen molar-refractivity contribution >= 4 is 5.91 Å². The zero-order valence-corrected chi connectivity index (χ0v) is 11.3. The van der Waals surface area contributed by atoms with E-state index in [1.54, 1.807) is 6.92 Å². The monoisotopic (exact) mass is 264 g/mol. The van der Waals surface area contributed by atoms with Gasteiger partial charge in [0.15, 0.2) is 6.39 Å². The maximum atomic E-state index is 12.4. The fraction of sp³-hybridized carbons (Fsp3) is 0.714. The van der Waals surface area contributed by atoms with E-state index in [4.69, 9.17) is 4.42 Å². The van der Waals surface area contributed by atoms with Gasteiger partial charge in [0.2, 0.25) is 5.76 Å². The molecule has 2 heterocycles. The fourth-order valence-corrected chi connectivity index (χ4v) is 3.58. The van der Waals surface area contributed by atoms with Crippen molar-refractivity contribution in [2.75, 3.05) is 13.1 Å². The number of nitrogens with zero attached hydrogens (tertiary/aromatic N) is 2. The van der Waals surface area contributed by atoms with E-state index >= 15 is 0 Å². The van der Waals surface area contributed by atoms with Gasteiger partial charge in [-0.2, -0.15) is 0 Å². The van der Waals surface area contributed by atoms with E-state index in [2.05, 4.69) is 4.98 Å². The number of aliphatic hydroxyl groups excluding tert-OH is 1. The van der Waals surface area contributed by atoms with Crippen molar-refractivity contribution in [3.63, 3.8) is 0 Å². The third-order valence-corrected chi connectivity index (χ3v) is 4.69. The molecule has 0 radical (unpaired) electrons. The standard InChI is InChI=1S/C14H20N2O3/c1-10-12(19-9-15-10)13(18)16-7-3-6-14(8-16)5-2-4-11(14)17/h9,11,17H,2-8H2,1H3/t11-,14+/m1/s1. The van der Waals surface area contributed by atoms with Gasteiger partial charge in [-0.3, -0.25) is 4.79 Å². The van der Waals surface area contributed by atoms with Crippen molar-refractivity contribution in [1.29, 1.82) is 0 Å². The second kappa shape index (κ2) is 4.63. The van der Waals surface area contributed by atoms with Crippen LogP contribution >= 0.6 is 0 Å². The van der Waals surface area contributed by atoms with Crippen molar-refractivity contribution in [2.45, 2.75) is 45.1 Å². The van der Waals surface area contributed by atoms with Gasteiger partial charge in [-0.25, -0.2) is 4.98 Å². The summed E-state index contributed by atoms with van der Waals surface area (Å²) in [5.74, 6) is 0.248. The fourth-order valence-electron chi connectivity index (χ4n) is 3.58. The highest BCUT2D eigenvalue weighted by molar-refractivity contribution is 5.92. The van der Waals surface area contributed by atoms with E-state index in [-0.39, 0.29) is 17.4 Å². The number of carbonyl (C=O) groups excluding carboxylic acids is 1. The summed E-state index contributed by atoms with van der Waals surface area (Å²) in [6, 6.07) is 0. The lowest BCUT2D eigenvalue weighted by molar-refractivity contribution is -0.00637. The number of oxazole rings is 1. The van der Waals surface area contributed by atoms with Crippen molar-refractivity contribution in [2.24, 2.45) is 5.41 Å². The van der Waals surface area contributed by atoms with E-state index in [0.717, 1.165) is 38.6 Å². The van der Waals surface area contributed by atoms with Crippen LogP contribution in [0.3, 0.4) is 0 Å². The van der Waals surface area contributed by atoms with Crippen LogP contribution in [0.4, 0.5) is 0 Å². The van der Waals surface area contributed by atoms with Crippen LogP contribution in [0, 0.1) is 12.3 Å². The van der Waals surface area contributed by atoms with Gasteiger partial charge in [-0.05, 0) is 32.6 Å². The first kappa shape index (κ1) is 12.7. The highest BCUT2D eigenvalue weighted by atomic mass is 16.3. The van der Waals surface area contributed by atoms with Crippen LogP contribution in [0.2, 0.25) is 0 Å². The zero-order valence-electron chi connectivity index (χ0n) is 11.3. The molecular weight excluding hydrogens is 244 g/mol. The van der Waals surface area contributed by atoms with Gasteiger partial charge >= 0.3 is 0 Å². The second-order valence-electron chi connectivity index (χ2n) is 5.87. The highest BCUT2D eigenvalue weighted by Gasteiger charge is 2.46. The Morgan fingerprint density at radius 1 is 1.53 bits per heavy atom. The first-order valence-corrected chi connectivity index (χ1v) is 7.00. The lowest BCUT2D eigenvalue weighted by Gasteiger charge is -2.42. The molecule has 0 bridgehead atoms. The van der Waals surface area contributed by atoms with Crippen LogP contribution in [0.1, 0.15) is 48.4 Å². The minimum Gasteiger partial charge on any atom is -0.438 e. The molecule has 104 valence electrons. The molecule has 1 aromatic rings. The topological polar surface area (TPSA) is 66.6 Å². The molecule has 5 nitrogen and oxygen atoms in total. The van der Waals surface area contributed by atoms with E-state index in [0.29, 0.717) is 18.0 Å². The predicted molar refractivity (Wildman–Crippen MR) is 68.7 cm³/mol. The van der Waals surface area contributed by atoms with E-state index < -0.39 is 0 Å². The number of rotatable bonds is 1. The van der Waals surface area contributed by atoms with Crippen LogP contribution in [-0.2, 0) is 0 Å². The Morgan fingerprint density at radius 2 is 2.32 bits per heavy atom. The number of aromatic nitrogens is 1. The predicted octanol–water partition coefficient (Wildman–Crippen LogP) is 1.75. The molecule has 1 aliphatic heterocycles. The molecule has 1 aromatic heterocycles. The summed E-state index contributed by atoms with van der Waals surface area (Å²) in [7, 11) is 0. The number of likely N-dealkylation sites (tertiary alicyclic amines) is 1. The van der Waals surface area contributed by atoms with Gasteiger partial charge in [0.05, 0.1) is 11.8 Å². The summed E-state index contributed by atoms with van der Waals surface area (Å²) in [5, 5.41) is 10.2. The summed E-state index contributed by atoms with van der Waals surface area (Å²) in [6.07, 6.45) is 5.97. The molecule has 3 rings (SSSR count). The lowest BCUT2D eigenvalue weighted by atomic mass is 9.76. The summed E-state index contributed by atoms with van der Waals surface area (Å²) < 4.78 is 5.19. The maximum absolute atomic E-state index is 12.4. The van der Waals surface area contributed by atoms with Gasteiger partial charge in [-0.1, -0.05) is 6.42 Å². The minimum atomic E-state index is -0.265. The SMILES string of the molecule is Cc1ncoc1C(=O)N1CCC[C@@]2(CCC[C@H]2O)C1. The van der Waals surface area contributed by atoms with E-state index in [1.807, 2.05) is 4.90 Å². The van der Waals surface area contributed by atoms with Crippen molar-refractivity contribution in [3.05, 3.63) is 17.8 Å². The number of amides is 1. The van der Waals surface area contributed by atoms with Crippen LogP contribution in [0.15, 0.2) is 10.8 Å². The number of aliphatic hydroxyl groups is 1. The van der Waals surface area contributed by atoms with Gasteiger partial charge in [0, 0.05) is 18.5 Å². The molecule has 5 heteroatoms. The number of carbonyl (C=O) groups is 1. The third kappa shape index (κ3) is 2.06. The number of hydrogen-bond donors (Lipinski definition) is 1. The first-order valence-electron chi connectivity index (χ1n) is 7.00. The summed E-state index contributed by atoms with van der Waals surface area (Å²) >= 11 is 0. The molecule has 1 aliphatic carbocycles. The molecular formula is C14H20N2O3. The summed E-state index contributed by atoms with van der Waals surface area (Å²) in [5.41, 5.74) is 0.554. The average molecular weight is 264 g/mol. The number of aryl methyl sites for hydroxylation is 1. The van der Waals surface area contributed by atoms with Gasteiger partial charge in [0.25, 0.3) is 5.91 Å². The van der Waals surface area contributed by atoms with Gasteiger partial charge < -0.3 is 14.4 Å². The van der Waals surface area contributed by atoms with Gasteiger partial charge in [0.1, 0.15) is 0 Å². The molecule has 1 amide bonds. The Balaban J connectivity index is 1.79. The van der Waals surface area contributed by atoms with Crippen LogP contribution in [-0.4, -0.2) is 40.1 Å². The van der Waals surface area contributed by atoms with Gasteiger partial charge in [-0.15, -0.1) is 0 Å². The molecule has 1 saturated heterocycles. The van der Waals surface area contributed by atoms with Crippen LogP contribution < -0.4 is 0 Å². The smallest absolute Gasteiger partial charge is 0.291 e. The molecule has 0 aromatic carbocycles. The second-order valence-corrected chi connectivity index (χ2v) is 5.87. The largest absolute Gasteiger partial charge is 0.438 e. The Morgan fingerprint density at radius 3 is 2.95 bits per heavy atom. The first-order chi connectivity index (χ1) is 9.12. The highest BCUT2D eigenvalue weighted by Crippen LogP contribution is 2.45. The average Bonchev–Trinajstić information content (AvgIpc) is 2.97. The van der Waals surface area contributed by atoms with E-state index in [1.165, 1.54) is 6.39 Å². The molecule has 1 spiro atoms. The Bertz CT molecular complexity index is 485. The summed E-state index contributed by atoms with van der Waals surface area (Å²) in [4.78, 5) is 18.2. The molecule has 0 unspecified atom stereocenters. The lowest BCUT2D eigenvalue weighted by Crippen LogP contribution is -2.49. The van der Waals surface area contributed by atoms with Crippen molar-refractivity contribution in [1.82, 2.24) is 9.88 Å². The number of piperidine rings is 1. The Labute approximate surface area is 112 Å². The van der Waals surface area contributed by atoms with Crippen LogP contribution in [0.25, 0.3) is 0 Å². The molecule has 2 atom stereocenters. The molecule has 2 aliphatic rings. The normalized spacial score (nSPS) is 31.1. The molecule has 19 heavy (non-hydrogen) atoms. The maximum Gasteiger partial charge on any atom is 0.291 e. The number of hydrogen-bond acceptors (Lipinski definition) is 4. The minimum absolute atomic E-state index is 0.0815. The van der Waals surface area contributed by atoms with Crippen molar-refractivity contribution < 1.29 is 14.3 Å². The Hall–Kier alpha value is -1.36. The summed E-state index contributed by atoms with van der Waals surface area (Å²) in [6.45, 7) is 3.17. The third-order valence-electron chi connectivity index (χ3n) is 4.69. The quantitative estimate of drug-likeness (QED) is 0.839.